The molecule has 0 heterocycles. The number of benzene rings is 1. The maximum Gasteiger partial charge on any atom is 0.241 e. The molecule has 0 saturated heterocycles. The Morgan fingerprint density at radius 1 is 1.30 bits per heavy atom. The van der Waals surface area contributed by atoms with Crippen molar-refractivity contribution in [3.05, 3.63) is 29.3 Å². The van der Waals surface area contributed by atoms with Crippen LogP contribution in [0.4, 0.5) is 0 Å². The van der Waals surface area contributed by atoms with E-state index >= 15 is 0 Å². The minimum absolute atomic E-state index is 0.371. The van der Waals surface area contributed by atoms with Gasteiger partial charge in [-0.3, -0.25) is 0 Å². The lowest BCUT2D eigenvalue weighted by Crippen LogP contribution is -2.45. The summed E-state index contributed by atoms with van der Waals surface area (Å²) in [5, 5.41) is 3.04. The average molecular weight is 296 g/mol. The molecule has 1 fully saturated rings. The highest BCUT2D eigenvalue weighted by atomic mass is 32.2. The van der Waals surface area contributed by atoms with Gasteiger partial charge in [0.2, 0.25) is 10.0 Å². The number of nitrogens with one attached hydrogen (secondary N) is 2. The molecule has 0 aliphatic heterocycles. The van der Waals surface area contributed by atoms with Gasteiger partial charge in [-0.15, -0.1) is 0 Å². The molecular formula is C15H24N2O2S. The first-order valence-corrected chi connectivity index (χ1v) is 8.53. The van der Waals surface area contributed by atoms with Crippen molar-refractivity contribution in [1.82, 2.24) is 10.0 Å². The predicted molar refractivity (Wildman–Crippen MR) is 81.1 cm³/mol. The largest absolute Gasteiger partial charge is 0.316 e. The zero-order valence-corrected chi connectivity index (χ0v) is 13.5. The Bertz CT molecular complexity index is 590. The van der Waals surface area contributed by atoms with E-state index in [1.165, 1.54) is 0 Å². The molecule has 4 nitrogen and oxygen atoms in total. The van der Waals surface area contributed by atoms with Crippen molar-refractivity contribution in [1.29, 1.82) is 0 Å². The van der Waals surface area contributed by atoms with E-state index in [1.54, 1.807) is 6.07 Å². The molecule has 1 saturated carbocycles. The molecule has 0 atom stereocenters. The molecule has 2 N–H and O–H groups in total. The molecule has 1 aliphatic rings. The van der Waals surface area contributed by atoms with Crippen LogP contribution in [0.2, 0.25) is 0 Å². The van der Waals surface area contributed by atoms with E-state index in [0.29, 0.717) is 17.4 Å². The molecule has 0 amide bonds. The molecule has 2 rings (SSSR count). The summed E-state index contributed by atoms with van der Waals surface area (Å²) in [4.78, 5) is 0.388. The summed E-state index contributed by atoms with van der Waals surface area (Å²) in [5.74, 6) is 0.457. The molecule has 1 aromatic carbocycles. The number of sulfonamides is 1. The van der Waals surface area contributed by atoms with E-state index in [4.69, 9.17) is 0 Å². The van der Waals surface area contributed by atoms with Gasteiger partial charge in [0, 0.05) is 12.1 Å². The second-order valence-electron chi connectivity index (χ2n) is 6.23. The van der Waals surface area contributed by atoms with Crippen molar-refractivity contribution in [3.63, 3.8) is 0 Å². The lowest BCUT2D eigenvalue weighted by Gasteiger charge is -2.26. The van der Waals surface area contributed by atoms with Gasteiger partial charge >= 0.3 is 0 Å². The lowest BCUT2D eigenvalue weighted by molar-refractivity contribution is 0.400. The van der Waals surface area contributed by atoms with Crippen LogP contribution in [0.15, 0.2) is 23.1 Å². The van der Waals surface area contributed by atoms with Crippen molar-refractivity contribution < 1.29 is 8.42 Å². The van der Waals surface area contributed by atoms with Crippen LogP contribution < -0.4 is 10.0 Å². The summed E-state index contributed by atoms with van der Waals surface area (Å²) < 4.78 is 28.1. The summed E-state index contributed by atoms with van der Waals surface area (Å²) in [5.41, 5.74) is 1.39. The molecule has 0 bridgehead atoms. The van der Waals surface area contributed by atoms with Crippen LogP contribution in [0.5, 0.6) is 0 Å². The van der Waals surface area contributed by atoms with Gasteiger partial charge in [0.25, 0.3) is 0 Å². The summed E-state index contributed by atoms with van der Waals surface area (Å²) >= 11 is 0. The Morgan fingerprint density at radius 2 is 1.95 bits per heavy atom. The summed E-state index contributed by atoms with van der Waals surface area (Å²) in [7, 11) is -1.62. The van der Waals surface area contributed by atoms with E-state index in [0.717, 1.165) is 24.0 Å². The van der Waals surface area contributed by atoms with Crippen LogP contribution in [0.1, 0.15) is 37.8 Å². The van der Waals surface area contributed by atoms with Gasteiger partial charge in [0.15, 0.2) is 0 Å². The minimum Gasteiger partial charge on any atom is -0.316 e. The normalized spacial score (nSPS) is 16.4. The number of hydrogen-bond donors (Lipinski definition) is 2. The van der Waals surface area contributed by atoms with Crippen LogP contribution in [0, 0.1) is 12.8 Å². The first-order valence-electron chi connectivity index (χ1n) is 7.04. The van der Waals surface area contributed by atoms with Gasteiger partial charge in [-0.25, -0.2) is 13.1 Å². The molecule has 0 aromatic heterocycles. The number of hydrogen-bond acceptors (Lipinski definition) is 3. The summed E-state index contributed by atoms with van der Waals surface area (Å²) in [6.07, 6.45) is 2.21. The molecule has 112 valence electrons. The van der Waals surface area contributed by atoms with Gasteiger partial charge in [0.05, 0.1) is 4.90 Å². The molecule has 5 heteroatoms. The lowest BCUT2D eigenvalue weighted by atomic mass is 10.0. The van der Waals surface area contributed by atoms with E-state index in [9.17, 15) is 8.42 Å². The molecule has 1 aromatic rings. The zero-order valence-electron chi connectivity index (χ0n) is 12.7. The SMILES string of the molecule is CNCc1ccc(C)c(S(=O)(=O)NC(C)(C)C2CC2)c1. The number of rotatable bonds is 6. The molecular weight excluding hydrogens is 272 g/mol. The Labute approximate surface area is 122 Å². The van der Waals surface area contributed by atoms with E-state index < -0.39 is 10.0 Å². The van der Waals surface area contributed by atoms with Crippen LogP contribution >= 0.6 is 0 Å². The van der Waals surface area contributed by atoms with Crippen molar-refractivity contribution in [3.8, 4) is 0 Å². The third-order valence-corrected chi connectivity index (χ3v) is 5.73. The number of aryl methyl sites for hydroxylation is 1. The van der Waals surface area contributed by atoms with Crippen molar-refractivity contribution in [2.75, 3.05) is 7.05 Å². The third-order valence-electron chi connectivity index (χ3n) is 3.92. The van der Waals surface area contributed by atoms with Crippen LogP contribution in [-0.4, -0.2) is 21.0 Å². The van der Waals surface area contributed by atoms with Gasteiger partial charge in [-0.2, -0.15) is 0 Å². The standard InChI is InChI=1S/C15H24N2O2S/c1-11-5-6-12(10-16-4)9-14(11)20(18,19)17-15(2,3)13-7-8-13/h5-6,9,13,16-17H,7-8,10H2,1-4H3. The zero-order chi connectivity index (χ0) is 15.0. The molecule has 0 spiro atoms. The summed E-state index contributed by atoms with van der Waals surface area (Å²) in [6, 6.07) is 5.58. The minimum atomic E-state index is -3.47. The van der Waals surface area contributed by atoms with Gasteiger partial charge in [-0.1, -0.05) is 12.1 Å². The van der Waals surface area contributed by atoms with Gasteiger partial charge < -0.3 is 5.32 Å². The predicted octanol–water partition coefficient (Wildman–Crippen LogP) is 2.18. The fraction of sp³-hybridized carbons (Fsp3) is 0.600. The quantitative estimate of drug-likeness (QED) is 0.846. The molecule has 1 aliphatic carbocycles. The maximum atomic E-state index is 12.6. The second kappa shape index (κ2) is 5.47. The highest BCUT2D eigenvalue weighted by molar-refractivity contribution is 7.89. The van der Waals surface area contributed by atoms with Crippen LogP contribution in [-0.2, 0) is 16.6 Å². The first-order chi connectivity index (χ1) is 9.26. The molecule has 0 unspecified atom stereocenters. The second-order valence-corrected chi connectivity index (χ2v) is 7.88. The van der Waals surface area contributed by atoms with E-state index in [-0.39, 0.29) is 5.54 Å². The highest BCUT2D eigenvalue weighted by Gasteiger charge is 2.40. The Kier molecular flexibility index (Phi) is 4.23. The van der Waals surface area contributed by atoms with Gasteiger partial charge in [0.1, 0.15) is 0 Å². The highest BCUT2D eigenvalue weighted by Crippen LogP contribution is 2.40. The average Bonchev–Trinajstić information content (AvgIpc) is 3.14. The fourth-order valence-electron chi connectivity index (χ4n) is 2.54. The van der Waals surface area contributed by atoms with Gasteiger partial charge in [-0.05, 0) is 63.8 Å². The summed E-state index contributed by atoms with van der Waals surface area (Å²) in [6.45, 7) is 6.43. The van der Waals surface area contributed by atoms with Crippen molar-refractivity contribution in [2.24, 2.45) is 5.92 Å². The van der Waals surface area contributed by atoms with Crippen molar-refractivity contribution >= 4 is 10.0 Å². The van der Waals surface area contributed by atoms with Crippen LogP contribution in [0.3, 0.4) is 0 Å². The Hall–Kier alpha value is -0.910. The molecule has 20 heavy (non-hydrogen) atoms. The first kappa shape index (κ1) is 15.5. The van der Waals surface area contributed by atoms with E-state index in [1.807, 2.05) is 40.0 Å². The fourth-order valence-corrected chi connectivity index (χ4v) is 4.31. The smallest absolute Gasteiger partial charge is 0.241 e. The Balaban J connectivity index is 2.30. The van der Waals surface area contributed by atoms with E-state index in [2.05, 4.69) is 10.0 Å². The monoisotopic (exact) mass is 296 g/mol. The maximum absolute atomic E-state index is 12.6. The van der Waals surface area contributed by atoms with Crippen LogP contribution in [0.25, 0.3) is 0 Å². The Morgan fingerprint density at radius 3 is 2.50 bits per heavy atom. The topological polar surface area (TPSA) is 58.2 Å². The third kappa shape index (κ3) is 3.40. The molecule has 0 radical (unpaired) electrons. The van der Waals surface area contributed by atoms with Crippen molar-refractivity contribution in [2.45, 2.75) is 50.6 Å².